The Morgan fingerprint density at radius 3 is 0.780 bits per heavy atom. The van der Waals surface area contributed by atoms with Crippen molar-refractivity contribution in [3.8, 4) is 0 Å². The van der Waals surface area contributed by atoms with Crippen molar-refractivity contribution in [2.24, 2.45) is 0 Å². The molecular formula is C76H134O6. The third-order valence-electron chi connectivity index (χ3n) is 15.6. The predicted molar refractivity (Wildman–Crippen MR) is 358 cm³/mol. The van der Waals surface area contributed by atoms with E-state index in [0.717, 1.165) is 109 Å². The Balaban J connectivity index is 4.26. The van der Waals surface area contributed by atoms with E-state index in [0.29, 0.717) is 19.3 Å². The maximum Gasteiger partial charge on any atom is 0.306 e. The zero-order valence-corrected chi connectivity index (χ0v) is 54.5. The van der Waals surface area contributed by atoms with Crippen LogP contribution >= 0.6 is 0 Å². The molecular weight excluding hydrogens is 1010 g/mol. The Hall–Kier alpha value is -3.41. The van der Waals surface area contributed by atoms with E-state index in [-0.39, 0.29) is 31.1 Å². The van der Waals surface area contributed by atoms with E-state index >= 15 is 0 Å². The van der Waals surface area contributed by atoms with Gasteiger partial charge in [0.05, 0.1) is 0 Å². The van der Waals surface area contributed by atoms with Gasteiger partial charge in [0.2, 0.25) is 0 Å². The van der Waals surface area contributed by atoms with Crippen molar-refractivity contribution in [2.75, 3.05) is 13.2 Å². The molecule has 0 aliphatic heterocycles. The molecule has 82 heavy (non-hydrogen) atoms. The third kappa shape index (κ3) is 67.4. The van der Waals surface area contributed by atoms with Crippen LogP contribution in [0.25, 0.3) is 0 Å². The molecule has 0 aromatic rings. The molecule has 474 valence electrons. The molecule has 6 nitrogen and oxygen atoms in total. The summed E-state index contributed by atoms with van der Waals surface area (Å²) in [6.07, 6.45) is 93.3. The van der Waals surface area contributed by atoms with Gasteiger partial charge in [0.15, 0.2) is 6.10 Å². The molecule has 1 atom stereocenters. The molecule has 6 heteroatoms. The number of allylic oxidation sites excluding steroid dienone is 14. The van der Waals surface area contributed by atoms with Gasteiger partial charge < -0.3 is 14.2 Å². The van der Waals surface area contributed by atoms with Crippen LogP contribution < -0.4 is 0 Å². The minimum Gasteiger partial charge on any atom is -0.462 e. The summed E-state index contributed by atoms with van der Waals surface area (Å²) in [6.45, 7) is 6.54. The number of hydrogen-bond acceptors (Lipinski definition) is 6. The van der Waals surface area contributed by atoms with Crippen LogP contribution in [-0.2, 0) is 28.6 Å². The number of unbranched alkanes of at least 4 members (excludes halogenated alkanes) is 40. The van der Waals surface area contributed by atoms with Crippen LogP contribution in [0.15, 0.2) is 85.1 Å². The molecule has 1 unspecified atom stereocenters. The summed E-state index contributed by atoms with van der Waals surface area (Å²) in [5.41, 5.74) is 0. The summed E-state index contributed by atoms with van der Waals surface area (Å²) in [4.78, 5) is 38.4. The van der Waals surface area contributed by atoms with Crippen LogP contribution in [0.5, 0.6) is 0 Å². The largest absolute Gasteiger partial charge is 0.462 e. The summed E-state index contributed by atoms with van der Waals surface area (Å²) in [5.74, 6) is -0.878. The van der Waals surface area contributed by atoms with Gasteiger partial charge in [-0.2, -0.15) is 0 Å². The van der Waals surface area contributed by atoms with Gasteiger partial charge in [0.25, 0.3) is 0 Å². The van der Waals surface area contributed by atoms with E-state index in [2.05, 4.69) is 106 Å². The SMILES string of the molecule is CC/C=C\C/C=C\C/C=C\C/C=C\C/C=C\C/C=C\CCCCCCCCCCC(=O)OCC(COC(=O)CCCCCCC/C=C\CCCCC)OC(=O)CCCCCCCCCCCCCCCCCCCCCCCCCCC. The van der Waals surface area contributed by atoms with Crippen molar-refractivity contribution in [3.63, 3.8) is 0 Å². The fourth-order valence-electron chi connectivity index (χ4n) is 10.3. The Morgan fingerprint density at radius 2 is 0.476 bits per heavy atom. The van der Waals surface area contributed by atoms with E-state index < -0.39 is 6.10 Å². The highest BCUT2D eigenvalue weighted by Gasteiger charge is 2.19. The average molecular weight is 1140 g/mol. The van der Waals surface area contributed by atoms with Gasteiger partial charge in [0, 0.05) is 19.3 Å². The Kier molecular flexibility index (Phi) is 67.2. The Morgan fingerprint density at radius 1 is 0.256 bits per heavy atom. The lowest BCUT2D eigenvalue weighted by atomic mass is 10.0. The number of hydrogen-bond donors (Lipinski definition) is 0. The third-order valence-corrected chi connectivity index (χ3v) is 15.6. The summed E-state index contributed by atoms with van der Waals surface area (Å²) < 4.78 is 17.0. The first-order chi connectivity index (χ1) is 40.5. The second-order valence-electron chi connectivity index (χ2n) is 23.8. The minimum atomic E-state index is -0.783. The first kappa shape index (κ1) is 78.6. The summed E-state index contributed by atoms with van der Waals surface area (Å²) >= 11 is 0. The van der Waals surface area contributed by atoms with E-state index in [9.17, 15) is 14.4 Å². The fourth-order valence-corrected chi connectivity index (χ4v) is 10.3. The Bertz CT molecular complexity index is 1550. The predicted octanol–water partition coefficient (Wildman–Crippen LogP) is 24.6. The maximum absolute atomic E-state index is 13.0. The van der Waals surface area contributed by atoms with Crippen molar-refractivity contribution in [1.29, 1.82) is 0 Å². The highest BCUT2D eigenvalue weighted by molar-refractivity contribution is 5.71. The molecule has 0 fully saturated rings. The second kappa shape index (κ2) is 70.1. The molecule has 0 saturated carbocycles. The van der Waals surface area contributed by atoms with Crippen LogP contribution in [0.3, 0.4) is 0 Å². The lowest BCUT2D eigenvalue weighted by Crippen LogP contribution is -2.30. The smallest absolute Gasteiger partial charge is 0.306 e. The highest BCUT2D eigenvalue weighted by atomic mass is 16.6. The van der Waals surface area contributed by atoms with Crippen molar-refractivity contribution in [3.05, 3.63) is 85.1 Å². The van der Waals surface area contributed by atoms with Gasteiger partial charge in [0.1, 0.15) is 13.2 Å². The van der Waals surface area contributed by atoms with Gasteiger partial charge in [-0.3, -0.25) is 14.4 Å². The van der Waals surface area contributed by atoms with Crippen LogP contribution in [0.2, 0.25) is 0 Å². The number of esters is 3. The Labute approximate surface area is 509 Å². The standard InChI is InChI=1S/C76H134O6/c1-4-7-10-13-16-19-22-25-27-29-31-33-35-37-38-40-41-43-45-47-49-51-54-57-60-63-66-69-75(78)81-72-73(71-80-74(77)68-65-62-59-56-53-24-21-18-15-12-9-6-3)82-76(79)70-67-64-61-58-55-52-50-48-46-44-42-39-36-34-32-30-28-26-23-20-17-14-11-8-5-2/h7,10,16,18-19,21,25,27,31,33,37-38,41,43,73H,4-6,8-9,11-15,17,20,22-24,26,28-30,32,34-36,39-40,42,44-72H2,1-3H3/b10-7-,19-16-,21-18-,27-25-,33-31-,38-37-,43-41-. The topological polar surface area (TPSA) is 78.9 Å². The van der Waals surface area contributed by atoms with Crippen LogP contribution in [0, 0.1) is 0 Å². The van der Waals surface area contributed by atoms with Gasteiger partial charge in [-0.25, -0.2) is 0 Å². The number of ether oxygens (including phenoxy) is 3. The van der Waals surface area contributed by atoms with Crippen LogP contribution in [0.4, 0.5) is 0 Å². The first-order valence-corrected chi connectivity index (χ1v) is 35.6. The molecule has 0 aliphatic carbocycles. The molecule has 0 amide bonds. The second-order valence-corrected chi connectivity index (χ2v) is 23.8. The summed E-state index contributed by atoms with van der Waals surface area (Å²) in [7, 11) is 0. The molecule has 0 rings (SSSR count). The quantitative estimate of drug-likeness (QED) is 0.0261. The van der Waals surface area contributed by atoms with E-state index in [4.69, 9.17) is 14.2 Å². The van der Waals surface area contributed by atoms with Crippen molar-refractivity contribution >= 4 is 17.9 Å². The summed E-state index contributed by atoms with van der Waals surface area (Å²) in [6, 6.07) is 0. The van der Waals surface area contributed by atoms with Crippen molar-refractivity contribution in [1.82, 2.24) is 0 Å². The number of carbonyl (C=O) groups is 3. The van der Waals surface area contributed by atoms with Gasteiger partial charge in [-0.15, -0.1) is 0 Å². The molecule has 0 bridgehead atoms. The van der Waals surface area contributed by atoms with E-state index in [1.165, 1.54) is 212 Å². The van der Waals surface area contributed by atoms with Crippen LogP contribution in [-0.4, -0.2) is 37.2 Å². The molecule has 0 saturated heterocycles. The van der Waals surface area contributed by atoms with E-state index in [1.54, 1.807) is 0 Å². The molecule has 0 spiro atoms. The van der Waals surface area contributed by atoms with E-state index in [1.807, 2.05) is 0 Å². The zero-order chi connectivity index (χ0) is 59.2. The molecule has 0 aromatic heterocycles. The normalized spacial score (nSPS) is 12.6. The van der Waals surface area contributed by atoms with Gasteiger partial charge in [-0.05, 0) is 96.3 Å². The highest BCUT2D eigenvalue weighted by Crippen LogP contribution is 2.18. The molecule has 0 N–H and O–H groups in total. The lowest BCUT2D eigenvalue weighted by Gasteiger charge is -2.18. The minimum absolute atomic E-state index is 0.0800. The fraction of sp³-hybridized carbons (Fsp3) is 0.776. The lowest BCUT2D eigenvalue weighted by molar-refractivity contribution is -0.167. The van der Waals surface area contributed by atoms with Gasteiger partial charge >= 0.3 is 17.9 Å². The molecule has 0 heterocycles. The first-order valence-electron chi connectivity index (χ1n) is 35.6. The molecule has 0 aliphatic rings. The number of carbonyl (C=O) groups excluding carboxylic acids is 3. The van der Waals surface area contributed by atoms with Gasteiger partial charge in [-0.1, -0.05) is 331 Å². The molecule has 0 radical (unpaired) electrons. The summed E-state index contributed by atoms with van der Waals surface area (Å²) in [5, 5.41) is 0. The zero-order valence-electron chi connectivity index (χ0n) is 54.5. The number of rotatable bonds is 65. The maximum atomic E-state index is 13.0. The van der Waals surface area contributed by atoms with Crippen molar-refractivity contribution in [2.45, 2.75) is 367 Å². The average Bonchev–Trinajstić information content (AvgIpc) is 3.47. The molecule has 0 aromatic carbocycles. The monoisotopic (exact) mass is 1140 g/mol. The van der Waals surface area contributed by atoms with Crippen molar-refractivity contribution < 1.29 is 28.6 Å². The van der Waals surface area contributed by atoms with Crippen LogP contribution in [0.1, 0.15) is 361 Å².